The Morgan fingerprint density at radius 3 is 2.50 bits per heavy atom. The van der Waals surface area contributed by atoms with Crippen LogP contribution < -0.4 is 0 Å². The molecule has 0 N–H and O–H groups in total. The van der Waals surface area contributed by atoms with E-state index in [1.807, 2.05) is 0 Å². The summed E-state index contributed by atoms with van der Waals surface area (Å²) in [4.78, 5) is 2.58. The summed E-state index contributed by atoms with van der Waals surface area (Å²) >= 11 is 0. The molecule has 3 heteroatoms. The molecule has 0 unspecified atom stereocenters. The third-order valence-corrected chi connectivity index (χ3v) is 4.54. The van der Waals surface area contributed by atoms with Crippen LogP contribution in [0, 0.1) is 5.92 Å². The minimum atomic E-state index is 0.762. The van der Waals surface area contributed by atoms with Gasteiger partial charge in [0.25, 0.3) is 0 Å². The van der Waals surface area contributed by atoms with Crippen LogP contribution in [0.4, 0.5) is 0 Å². The average Bonchev–Trinajstić information content (AvgIpc) is 2.94. The Balaban J connectivity index is 1.68. The van der Waals surface area contributed by atoms with Gasteiger partial charge in [-0.15, -0.1) is 0 Å². The smallest absolute Gasteiger partial charge is 0.0469 e. The number of hydrogen-bond donors (Lipinski definition) is 0. The highest BCUT2D eigenvalue weighted by atomic mass is 16.5. The molecule has 0 saturated carbocycles. The first-order valence-electron chi connectivity index (χ1n) is 8.25. The highest BCUT2D eigenvalue weighted by molar-refractivity contribution is 5.15. The van der Waals surface area contributed by atoms with Crippen molar-refractivity contribution in [2.75, 3.05) is 19.8 Å². The van der Waals surface area contributed by atoms with Gasteiger partial charge in [0.2, 0.25) is 0 Å². The molecule has 3 rings (SSSR count). The van der Waals surface area contributed by atoms with E-state index in [0.29, 0.717) is 0 Å². The number of nitrogens with zero attached hydrogens (tertiary/aromatic N) is 2. The van der Waals surface area contributed by atoms with E-state index < -0.39 is 0 Å². The number of ether oxygens (including phenoxy) is 1. The molecule has 22 heavy (non-hydrogen) atoms. The lowest BCUT2D eigenvalue weighted by atomic mass is 9.99. The minimum Gasteiger partial charge on any atom is -0.381 e. The Morgan fingerprint density at radius 2 is 1.82 bits per heavy atom. The number of rotatable bonds is 6. The maximum Gasteiger partial charge on any atom is 0.0469 e. The number of aryl methyl sites for hydroxylation is 1. The van der Waals surface area contributed by atoms with Crippen LogP contribution in [0.1, 0.15) is 24.1 Å². The van der Waals surface area contributed by atoms with E-state index in [0.717, 1.165) is 38.8 Å². The fraction of sp³-hybridized carbons (Fsp3) is 0.474. The summed E-state index contributed by atoms with van der Waals surface area (Å²) in [5.41, 5.74) is 2.77. The van der Waals surface area contributed by atoms with Gasteiger partial charge in [0.15, 0.2) is 0 Å². The van der Waals surface area contributed by atoms with Crippen LogP contribution in [0.3, 0.4) is 0 Å². The number of benzene rings is 1. The maximum atomic E-state index is 5.50. The van der Waals surface area contributed by atoms with Crippen molar-refractivity contribution >= 4 is 0 Å². The van der Waals surface area contributed by atoms with Crippen molar-refractivity contribution in [2.24, 2.45) is 13.0 Å². The van der Waals surface area contributed by atoms with Crippen LogP contribution >= 0.6 is 0 Å². The monoisotopic (exact) mass is 298 g/mol. The summed E-state index contributed by atoms with van der Waals surface area (Å²) in [6.07, 6.45) is 4.52. The molecule has 2 heterocycles. The molecule has 2 aromatic rings. The highest BCUT2D eigenvalue weighted by Crippen LogP contribution is 2.19. The Labute approximate surface area is 133 Å². The second-order valence-corrected chi connectivity index (χ2v) is 6.32. The van der Waals surface area contributed by atoms with Gasteiger partial charge in [-0.05, 0) is 36.5 Å². The molecule has 1 fully saturated rings. The van der Waals surface area contributed by atoms with Crippen molar-refractivity contribution in [1.82, 2.24) is 9.47 Å². The molecule has 3 nitrogen and oxygen atoms in total. The Morgan fingerprint density at radius 1 is 1.05 bits per heavy atom. The first-order chi connectivity index (χ1) is 10.8. The van der Waals surface area contributed by atoms with E-state index in [4.69, 9.17) is 4.74 Å². The van der Waals surface area contributed by atoms with Gasteiger partial charge in [0.1, 0.15) is 0 Å². The summed E-state index contributed by atoms with van der Waals surface area (Å²) in [5, 5.41) is 0. The highest BCUT2D eigenvalue weighted by Gasteiger charge is 2.18. The van der Waals surface area contributed by atoms with Crippen molar-refractivity contribution in [2.45, 2.75) is 25.9 Å². The predicted molar refractivity (Wildman–Crippen MR) is 89.5 cm³/mol. The SMILES string of the molecule is Cn1cccc1CN(Cc1ccccc1)CC1CCOCC1. The van der Waals surface area contributed by atoms with Crippen LogP contribution in [-0.4, -0.2) is 29.2 Å². The van der Waals surface area contributed by atoms with Crippen LogP contribution in [-0.2, 0) is 24.9 Å². The second kappa shape index (κ2) is 7.61. The zero-order valence-corrected chi connectivity index (χ0v) is 13.4. The number of aromatic nitrogens is 1. The quantitative estimate of drug-likeness (QED) is 0.812. The van der Waals surface area contributed by atoms with Gasteiger partial charge in [-0.25, -0.2) is 0 Å². The summed E-state index contributed by atoms with van der Waals surface area (Å²) in [6.45, 7) is 5.03. The average molecular weight is 298 g/mol. The van der Waals surface area contributed by atoms with Crippen molar-refractivity contribution in [3.05, 3.63) is 59.9 Å². The Bertz CT molecular complexity index is 558. The van der Waals surface area contributed by atoms with Gasteiger partial charge in [-0.2, -0.15) is 0 Å². The molecular weight excluding hydrogens is 272 g/mol. The van der Waals surface area contributed by atoms with E-state index in [1.54, 1.807) is 0 Å². The molecule has 0 spiro atoms. The maximum absolute atomic E-state index is 5.50. The summed E-state index contributed by atoms with van der Waals surface area (Å²) in [5.74, 6) is 0.762. The van der Waals surface area contributed by atoms with Crippen LogP contribution in [0.2, 0.25) is 0 Å². The molecular formula is C19H26N2O. The molecule has 1 aliphatic rings. The van der Waals surface area contributed by atoms with Gasteiger partial charge < -0.3 is 9.30 Å². The molecule has 1 aliphatic heterocycles. The third-order valence-electron chi connectivity index (χ3n) is 4.54. The van der Waals surface area contributed by atoms with Crippen LogP contribution in [0.15, 0.2) is 48.7 Å². The van der Waals surface area contributed by atoms with Crippen molar-refractivity contribution in [1.29, 1.82) is 0 Å². The van der Waals surface area contributed by atoms with Crippen LogP contribution in [0.25, 0.3) is 0 Å². The standard InChI is InChI=1S/C19H26N2O/c1-20-11-5-8-19(20)16-21(14-17-6-3-2-4-7-17)15-18-9-12-22-13-10-18/h2-8,11,18H,9-10,12-16H2,1H3. The van der Waals surface area contributed by atoms with Crippen LogP contribution in [0.5, 0.6) is 0 Å². The van der Waals surface area contributed by atoms with Gasteiger partial charge in [0, 0.05) is 51.8 Å². The summed E-state index contributed by atoms with van der Waals surface area (Å²) in [6, 6.07) is 15.1. The lowest BCUT2D eigenvalue weighted by molar-refractivity contribution is 0.0498. The largest absolute Gasteiger partial charge is 0.381 e. The molecule has 0 aliphatic carbocycles. The Kier molecular flexibility index (Phi) is 5.30. The first kappa shape index (κ1) is 15.3. The zero-order valence-electron chi connectivity index (χ0n) is 13.4. The molecule has 0 bridgehead atoms. The van der Waals surface area contributed by atoms with Crippen molar-refractivity contribution in [3.63, 3.8) is 0 Å². The lowest BCUT2D eigenvalue weighted by Crippen LogP contribution is -2.32. The lowest BCUT2D eigenvalue weighted by Gasteiger charge is -2.30. The molecule has 0 atom stereocenters. The van der Waals surface area contributed by atoms with Crippen molar-refractivity contribution in [3.8, 4) is 0 Å². The second-order valence-electron chi connectivity index (χ2n) is 6.32. The fourth-order valence-electron chi connectivity index (χ4n) is 3.21. The predicted octanol–water partition coefficient (Wildman–Crippen LogP) is 3.45. The zero-order chi connectivity index (χ0) is 15.2. The van der Waals surface area contributed by atoms with E-state index in [9.17, 15) is 0 Å². The molecule has 1 saturated heterocycles. The minimum absolute atomic E-state index is 0.762. The molecule has 0 radical (unpaired) electrons. The van der Waals surface area contributed by atoms with Gasteiger partial charge in [-0.1, -0.05) is 30.3 Å². The van der Waals surface area contributed by atoms with E-state index in [2.05, 4.69) is 65.2 Å². The first-order valence-corrected chi connectivity index (χ1v) is 8.25. The van der Waals surface area contributed by atoms with Gasteiger partial charge in [0.05, 0.1) is 0 Å². The van der Waals surface area contributed by atoms with Gasteiger partial charge >= 0.3 is 0 Å². The number of hydrogen-bond acceptors (Lipinski definition) is 2. The fourth-order valence-corrected chi connectivity index (χ4v) is 3.21. The van der Waals surface area contributed by atoms with Crippen molar-refractivity contribution < 1.29 is 4.74 Å². The Hall–Kier alpha value is -1.58. The molecule has 0 amide bonds. The van der Waals surface area contributed by atoms with E-state index in [1.165, 1.54) is 24.1 Å². The summed E-state index contributed by atoms with van der Waals surface area (Å²) < 4.78 is 7.73. The molecule has 1 aromatic heterocycles. The van der Waals surface area contributed by atoms with Gasteiger partial charge in [-0.3, -0.25) is 4.90 Å². The normalized spacial score (nSPS) is 16.3. The topological polar surface area (TPSA) is 17.4 Å². The van der Waals surface area contributed by atoms with E-state index >= 15 is 0 Å². The van der Waals surface area contributed by atoms with E-state index in [-0.39, 0.29) is 0 Å². The molecule has 118 valence electrons. The molecule has 1 aromatic carbocycles. The third kappa shape index (κ3) is 4.21. The summed E-state index contributed by atoms with van der Waals surface area (Å²) in [7, 11) is 2.13.